The molecule has 0 bridgehead atoms. The van der Waals surface area contributed by atoms with Crippen LogP contribution in [-0.2, 0) is 0 Å². The zero-order valence-corrected chi connectivity index (χ0v) is 13.6. The number of aromatic nitrogens is 1. The van der Waals surface area contributed by atoms with Gasteiger partial charge < -0.3 is 9.64 Å². The zero-order chi connectivity index (χ0) is 15.4. The normalized spacial score (nSPS) is 11.0. The topological polar surface area (TPSA) is 42.4 Å². The predicted molar refractivity (Wildman–Crippen MR) is 85.1 cm³/mol. The summed E-state index contributed by atoms with van der Waals surface area (Å²) in [5.74, 6) is 0.725. The van der Waals surface area contributed by atoms with E-state index in [0.29, 0.717) is 16.5 Å². The Bertz CT molecular complexity index is 569. The highest BCUT2D eigenvalue weighted by molar-refractivity contribution is 7.11. The Morgan fingerprint density at radius 2 is 1.76 bits per heavy atom. The third-order valence-electron chi connectivity index (χ3n) is 3.06. The number of thiazole rings is 1. The van der Waals surface area contributed by atoms with Crippen LogP contribution in [-0.4, -0.2) is 27.9 Å². The number of carbonyl (C=O) groups is 1. The molecule has 1 amide bonds. The first-order chi connectivity index (χ1) is 9.99. The lowest BCUT2D eigenvalue weighted by Gasteiger charge is -2.30. The van der Waals surface area contributed by atoms with Crippen LogP contribution < -0.4 is 4.74 Å². The number of benzene rings is 1. The molecule has 0 unspecified atom stereocenters. The maximum atomic E-state index is 12.5. The molecule has 2 rings (SSSR count). The highest BCUT2D eigenvalue weighted by Crippen LogP contribution is 2.24. The summed E-state index contributed by atoms with van der Waals surface area (Å²) < 4.78 is 5.59. The van der Waals surface area contributed by atoms with Gasteiger partial charge in [-0.1, -0.05) is 11.3 Å². The van der Waals surface area contributed by atoms with Crippen LogP contribution in [0.5, 0.6) is 10.9 Å². The van der Waals surface area contributed by atoms with Gasteiger partial charge in [-0.15, -0.1) is 0 Å². The Morgan fingerprint density at radius 3 is 2.24 bits per heavy atom. The Morgan fingerprint density at radius 1 is 1.14 bits per heavy atom. The lowest BCUT2D eigenvalue weighted by Crippen LogP contribution is -2.42. The van der Waals surface area contributed by atoms with E-state index in [1.807, 2.05) is 38.0 Å². The largest absolute Gasteiger partial charge is 0.431 e. The number of amides is 1. The van der Waals surface area contributed by atoms with E-state index in [4.69, 9.17) is 4.74 Å². The van der Waals surface area contributed by atoms with Crippen molar-refractivity contribution >= 4 is 17.2 Å². The first-order valence-electron chi connectivity index (χ1n) is 6.99. The second-order valence-corrected chi connectivity index (χ2v) is 6.18. The van der Waals surface area contributed by atoms with Gasteiger partial charge in [-0.05, 0) is 52.0 Å². The average Bonchev–Trinajstić information content (AvgIpc) is 2.91. The number of nitrogens with zero attached hydrogens (tertiary/aromatic N) is 2. The number of carbonyl (C=O) groups excluding carboxylic acids is 1. The van der Waals surface area contributed by atoms with E-state index < -0.39 is 0 Å². The number of hydrogen-bond donors (Lipinski definition) is 0. The molecule has 0 N–H and O–H groups in total. The molecule has 2 aromatic rings. The molecular weight excluding hydrogens is 284 g/mol. The van der Waals surface area contributed by atoms with Crippen molar-refractivity contribution in [2.24, 2.45) is 0 Å². The number of hydrogen-bond acceptors (Lipinski definition) is 4. The van der Waals surface area contributed by atoms with Crippen LogP contribution in [0.25, 0.3) is 0 Å². The van der Waals surface area contributed by atoms with Crippen LogP contribution in [0, 0.1) is 0 Å². The first-order valence-corrected chi connectivity index (χ1v) is 7.87. The molecule has 0 saturated carbocycles. The minimum Gasteiger partial charge on any atom is -0.431 e. The van der Waals surface area contributed by atoms with E-state index in [1.54, 1.807) is 30.5 Å². The molecule has 0 aliphatic carbocycles. The summed E-state index contributed by atoms with van der Waals surface area (Å²) in [4.78, 5) is 18.5. The molecule has 0 spiro atoms. The SMILES string of the molecule is CC(C)N(C(=O)c1ccc(Oc2nccs2)cc1)C(C)C. The van der Waals surface area contributed by atoms with E-state index in [2.05, 4.69) is 4.98 Å². The predicted octanol–water partition coefficient (Wildman–Crippen LogP) is 4.19. The molecule has 1 aromatic carbocycles. The molecule has 1 heterocycles. The van der Waals surface area contributed by atoms with E-state index in [1.165, 1.54) is 11.3 Å². The van der Waals surface area contributed by atoms with Crippen LogP contribution >= 0.6 is 11.3 Å². The Labute approximate surface area is 129 Å². The van der Waals surface area contributed by atoms with Gasteiger partial charge in [-0.25, -0.2) is 4.98 Å². The second kappa shape index (κ2) is 6.72. The van der Waals surface area contributed by atoms with Gasteiger partial charge in [0, 0.05) is 29.2 Å². The third kappa shape index (κ3) is 3.82. The van der Waals surface area contributed by atoms with Crippen LogP contribution in [0.1, 0.15) is 38.1 Å². The van der Waals surface area contributed by atoms with Gasteiger partial charge >= 0.3 is 0 Å². The highest BCUT2D eigenvalue weighted by atomic mass is 32.1. The van der Waals surface area contributed by atoms with Crippen molar-refractivity contribution in [2.75, 3.05) is 0 Å². The summed E-state index contributed by atoms with van der Waals surface area (Å²) in [5, 5.41) is 2.45. The molecule has 21 heavy (non-hydrogen) atoms. The molecule has 1 aromatic heterocycles. The van der Waals surface area contributed by atoms with Gasteiger partial charge in [0.05, 0.1) is 0 Å². The van der Waals surface area contributed by atoms with Crippen LogP contribution in [0.15, 0.2) is 35.8 Å². The van der Waals surface area contributed by atoms with Crippen molar-refractivity contribution in [1.29, 1.82) is 0 Å². The summed E-state index contributed by atoms with van der Waals surface area (Å²) in [6.07, 6.45) is 1.70. The van der Waals surface area contributed by atoms with E-state index >= 15 is 0 Å². The van der Waals surface area contributed by atoms with Crippen LogP contribution in [0.3, 0.4) is 0 Å². The van der Waals surface area contributed by atoms with Crippen molar-refractivity contribution in [3.05, 3.63) is 41.4 Å². The number of ether oxygens (including phenoxy) is 1. The fraction of sp³-hybridized carbons (Fsp3) is 0.375. The highest BCUT2D eigenvalue weighted by Gasteiger charge is 2.21. The van der Waals surface area contributed by atoms with Gasteiger partial charge in [0.1, 0.15) is 5.75 Å². The minimum absolute atomic E-state index is 0.0424. The van der Waals surface area contributed by atoms with Gasteiger partial charge in [-0.2, -0.15) is 0 Å². The minimum atomic E-state index is 0.0424. The van der Waals surface area contributed by atoms with Crippen molar-refractivity contribution in [3.8, 4) is 10.9 Å². The number of rotatable bonds is 5. The molecule has 5 heteroatoms. The Hall–Kier alpha value is -1.88. The van der Waals surface area contributed by atoms with Crippen molar-refractivity contribution < 1.29 is 9.53 Å². The second-order valence-electron chi connectivity index (χ2n) is 5.32. The smallest absolute Gasteiger partial charge is 0.278 e. The molecule has 0 radical (unpaired) electrons. The van der Waals surface area contributed by atoms with Gasteiger partial charge in [0.2, 0.25) is 0 Å². The summed E-state index contributed by atoms with van der Waals surface area (Å²) in [6, 6.07) is 7.53. The lowest BCUT2D eigenvalue weighted by molar-refractivity contribution is 0.0643. The summed E-state index contributed by atoms with van der Waals surface area (Å²) >= 11 is 1.43. The maximum Gasteiger partial charge on any atom is 0.278 e. The lowest BCUT2D eigenvalue weighted by atomic mass is 10.1. The zero-order valence-electron chi connectivity index (χ0n) is 12.7. The van der Waals surface area contributed by atoms with E-state index in [0.717, 1.165) is 0 Å². The molecule has 0 fully saturated rings. The summed E-state index contributed by atoms with van der Waals surface area (Å²) in [5.41, 5.74) is 0.670. The molecule has 0 saturated heterocycles. The summed E-state index contributed by atoms with van der Waals surface area (Å²) in [6.45, 7) is 8.10. The Balaban J connectivity index is 2.12. The fourth-order valence-electron chi connectivity index (χ4n) is 2.24. The average molecular weight is 304 g/mol. The van der Waals surface area contributed by atoms with Gasteiger partial charge in [0.15, 0.2) is 0 Å². The quantitative estimate of drug-likeness (QED) is 0.831. The van der Waals surface area contributed by atoms with Gasteiger partial charge in [-0.3, -0.25) is 4.79 Å². The fourth-order valence-corrected chi connectivity index (χ4v) is 2.75. The maximum absolute atomic E-state index is 12.5. The molecule has 0 aliphatic heterocycles. The molecule has 0 atom stereocenters. The monoisotopic (exact) mass is 304 g/mol. The van der Waals surface area contributed by atoms with Crippen molar-refractivity contribution in [3.63, 3.8) is 0 Å². The first kappa shape index (κ1) is 15.5. The molecule has 0 aliphatic rings. The van der Waals surface area contributed by atoms with Crippen molar-refractivity contribution in [2.45, 2.75) is 39.8 Å². The van der Waals surface area contributed by atoms with Crippen molar-refractivity contribution in [1.82, 2.24) is 9.88 Å². The molecule has 112 valence electrons. The Kier molecular flexibility index (Phi) is 4.96. The van der Waals surface area contributed by atoms with Crippen LogP contribution in [0.4, 0.5) is 0 Å². The van der Waals surface area contributed by atoms with Crippen LogP contribution in [0.2, 0.25) is 0 Å². The molecule has 4 nitrogen and oxygen atoms in total. The van der Waals surface area contributed by atoms with Gasteiger partial charge in [0.25, 0.3) is 11.1 Å². The molecular formula is C16H20N2O2S. The van der Waals surface area contributed by atoms with E-state index in [-0.39, 0.29) is 18.0 Å². The van der Waals surface area contributed by atoms with E-state index in [9.17, 15) is 4.79 Å². The third-order valence-corrected chi connectivity index (χ3v) is 3.71. The summed E-state index contributed by atoms with van der Waals surface area (Å²) in [7, 11) is 0. The standard InChI is InChI=1S/C16H20N2O2S/c1-11(2)18(12(3)4)15(19)13-5-7-14(8-6-13)20-16-17-9-10-21-16/h5-12H,1-4H3.